The summed E-state index contributed by atoms with van der Waals surface area (Å²) in [5.41, 5.74) is -0.483. The average molecular weight is 240 g/mol. The Morgan fingerprint density at radius 1 is 1.53 bits per heavy atom. The Bertz CT molecular complexity index is 480. The Hall–Kier alpha value is -2.18. The van der Waals surface area contributed by atoms with Gasteiger partial charge in [-0.3, -0.25) is 19.7 Å². The standard InChI is InChI=1S/C10H12N2O5/c1-17-10(14)3-2-6-11-7-8(12(15)16)4-5-9(11)13/h4-5,7H,2-3,6H2,1H3. The van der Waals surface area contributed by atoms with E-state index in [1.807, 2.05) is 0 Å². The van der Waals surface area contributed by atoms with Gasteiger partial charge in [-0.1, -0.05) is 0 Å². The lowest BCUT2D eigenvalue weighted by Gasteiger charge is -2.04. The average Bonchev–Trinajstić information content (AvgIpc) is 2.30. The summed E-state index contributed by atoms with van der Waals surface area (Å²) in [5, 5.41) is 10.5. The lowest BCUT2D eigenvalue weighted by atomic mass is 10.3. The minimum atomic E-state index is -0.573. The molecule has 17 heavy (non-hydrogen) atoms. The monoisotopic (exact) mass is 240 g/mol. The van der Waals surface area contributed by atoms with E-state index >= 15 is 0 Å². The Labute approximate surface area is 96.8 Å². The van der Waals surface area contributed by atoms with Gasteiger partial charge in [0, 0.05) is 25.1 Å². The van der Waals surface area contributed by atoms with Gasteiger partial charge in [-0.2, -0.15) is 0 Å². The minimum absolute atomic E-state index is 0.150. The van der Waals surface area contributed by atoms with Crippen LogP contribution in [0.25, 0.3) is 0 Å². The highest BCUT2D eigenvalue weighted by molar-refractivity contribution is 5.68. The molecule has 7 heteroatoms. The molecule has 92 valence electrons. The molecule has 0 saturated heterocycles. The van der Waals surface area contributed by atoms with Gasteiger partial charge in [-0.05, 0) is 6.42 Å². The molecule has 0 aromatic carbocycles. The van der Waals surface area contributed by atoms with Gasteiger partial charge in [0.1, 0.15) is 0 Å². The predicted octanol–water partition coefficient (Wildman–Crippen LogP) is 0.710. The van der Waals surface area contributed by atoms with E-state index in [-0.39, 0.29) is 30.2 Å². The number of methoxy groups -OCH3 is 1. The van der Waals surface area contributed by atoms with E-state index in [4.69, 9.17) is 0 Å². The molecular weight excluding hydrogens is 228 g/mol. The van der Waals surface area contributed by atoms with Gasteiger partial charge in [0.2, 0.25) is 0 Å². The number of pyridine rings is 1. The number of carbonyl (C=O) groups is 1. The van der Waals surface area contributed by atoms with E-state index in [2.05, 4.69) is 4.74 Å². The molecule has 0 unspecified atom stereocenters. The molecule has 1 heterocycles. The van der Waals surface area contributed by atoms with Gasteiger partial charge >= 0.3 is 5.97 Å². The van der Waals surface area contributed by atoms with Gasteiger partial charge in [-0.15, -0.1) is 0 Å². The SMILES string of the molecule is COC(=O)CCCn1cc([N+](=O)[O-])ccc1=O. The van der Waals surface area contributed by atoms with Crippen molar-refractivity contribution in [2.45, 2.75) is 19.4 Å². The lowest BCUT2D eigenvalue weighted by Crippen LogP contribution is -2.19. The van der Waals surface area contributed by atoms with E-state index < -0.39 is 4.92 Å². The van der Waals surface area contributed by atoms with Crippen LogP contribution in [0.3, 0.4) is 0 Å². The largest absolute Gasteiger partial charge is 0.469 e. The Kier molecular flexibility index (Phi) is 4.38. The number of esters is 1. The summed E-state index contributed by atoms with van der Waals surface area (Å²) >= 11 is 0. The molecule has 1 aromatic heterocycles. The van der Waals surface area contributed by atoms with Crippen molar-refractivity contribution in [2.75, 3.05) is 7.11 Å². The highest BCUT2D eigenvalue weighted by atomic mass is 16.6. The Balaban J connectivity index is 2.70. The molecular formula is C10H12N2O5. The van der Waals surface area contributed by atoms with Crippen LogP contribution in [0.5, 0.6) is 0 Å². The topological polar surface area (TPSA) is 91.4 Å². The fourth-order valence-electron chi connectivity index (χ4n) is 1.30. The second-order valence-corrected chi connectivity index (χ2v) is 3.36. The molecule has 0 aliphatic heterocycles. The maximum atomic E-state index is 11.4. The highest BCUT2D eigenvalue weighted by Crippen LogP contribution is 2.07. The van der Waals surface area contributed by atoms with Crippen molar-refractivity contribution >= 4 is 11.7 Å². The molecule has 0 amide bonds. The third kappa shape index (κ3) is 3.71. The van der Waals surface area contributed by atoms with Crippen LogP contribution in [-0.4, -0.2) is 22.6 Å². The molecule has 0 atom stereocenters. The molecule has 0 N–H and O–H groups in total. The number of hydrogen-bond acceptors (Lipinski definition) is 5. The van der Waals surface area contributed by atoms with Crippen molar-refractivity contribution in [3.05, 3.63) is 38.8 Å². The van der Waals surface area contributed by atoms with Crippen LogP contribution < -0.4 is 5.56 Å². The van der Waals surface area contributed by atoms with Gasteiger partial charge in [0.15, 0.2) is 0 Å². The molecule has 7 nitrogen and oxygen atoms in total. The van der Waals surface area contributed by atoms with Gasteiger partial charge in [0.25, 0.3) is 11.2 Å². The van der Waals surface area contributed by atoms with Crippen LogP contribution in [0.15, 0.2) is 23.1 Å². The van der Waals surface area contributed by atoms with Crippen LogP contribution in [-0.2, 0) is 16.1 Å². The number of hydrogen-bond donors (Lipinski definition) is 0. The molecule has 0 fully saturated rings. The lowest BCUT2D eigenvalue weighted by molar-refractivity contribution is -0.385. The number of nitro groups is 1. The van der Waals surface area contributed by atoms with E-state index in [0.717, 1.165) is 12.1 Å². The fourth-order valence-corrected chi connectivity index (χ4v) is 1.30. The van der Waals surface area contributed by atoms with Crippen molar-refractivity contribution < 1.29 is 14.5 Å². The predicted molar refractivity (Wildman–Crippen MR) is 58.6 cm³/mol. The van der Waals surface area contributed by atoms with Crippen molar-refractivity contribution in [3.63, 3.8) is 0 Å². The number of rotatable bonds is 5. The van der Waals surface area contributed by atoms with Crippen LogP contribution in [0.2, 0.25) is 0 Å². The van der Waals surface area contributed by atoms with E-state index in [0.29, 0.717) is 6.42 Å². The van der Waals surface area contributed by atoms with Crippen molar-refractivity contribution in [3.8, 4) is 0 Å². The molecule has 0 spiro atoms. The van der Waals surface area contributed by atoms with Crippen LogP contribution in [0.1, 0.15) is 12.8 Å². The van der Waals surface area contributed by atoms with Crippen molar-refractivity contribution in [1.29, 1.82) is 0 Å². The zero-order valence-electron chi connectivity index (χ0n) is 9.29. The molecule has 0 saturated carbocycles. The van der Waals surface area contributed by atoms with Crippen molar-refractivity contribution in [1.82, 2.24) is 4.57 Å². The van der Waals surface area contributed by atoms with E-state index in [1.54, 1.807) is 0 Å². The summed E-state index contributed by atoms with van der Waals surface area (Å²) < 4.78 is 5.66. The fraction of sp³-hybridized carbons (Fsp3) is 0.400. The molecule has 0 aliphatic rings. The summed E-state index contributed by atoms with van der Waals surface area (Å²) in [5.74, 6) is -0.372. The summed E-state index contributed by atoms with van der Waals surface area (Å²) in [6.07, 6.45) is 1.74. The van der Waals surface area contributed by atoms with Gasteiger partial charge < -0.3 is 9.30 Å². The Morgan fingerprint density at radius 3 is 2.82 bits per heavy atom. The first-order valence-electron chi connectivity index (χ1n) is 4.96. The number of nitrogens with zero attached hydrogens (tertiary/aromatic N) is 2. The van der Waals surface area contributed by atoms with Gasteiger partial charge in [-0.25, -0.2) is 0 Å². The minimum Gasteiger partial charge on any atom is -0.469 e. The number of aryl methyl sites for hydroxylation is 1. The van der Waals surface area contributed by atoms with E-state index in [1.165, 1.54) is 17.9 Å². The first-order chi connectivity index (χ1) is 8.04. The maximum Gasteiger partial charge on any atom is 0.305 e. The second kappa shape index (κ2) is 5.78. The zero-order valence-corrected chi connectivity index (χ0v) is 9.29. The molecule has 0 aliphatic carbocycles. The first-order valence-corrected chi connectivity index (χ1v) is 4.96. The quantitative estimate of drug-likeness (QED) is 0.429. The van der Waals surface area contributed by atoms with E-state index in [9.17, 15) is 19.7 Å². The molecule has 0 bridgehead atoms. The smallest absolute Gasteiger partial charge is 0.305 e. The van der Waals surface area contributed by atoms with Crippen molar-refractivity contribution in [2.24, 2.45) is 0 Å². The number of ether oxygens (including phenoxy) is 1. The summed E-state index contributed by atoms with van der Waals surface area (Å²) in [6.45, 7) is 0.246. The third-order valence-corrected chi connectivity index (χ3v) is 2.19. The molecule has 0 radical (unpaired) electrons. The second-order valence-electron chi connectivity index (χ2n) is 3.36. The highest BCUT2D eigenvalue weighted by Gasteiger charge is 2.08. The van der Waals surface area contributed by atoms with Crippen LogP contribution in [0, 0.1) is 10.1 Å². The normalized spacial score (nSPS) is 9.94. The Morgan fingerprint density at radius 2 is 2.24 bits per heavy atom. The van der Waals surface area contributed by atoms with Crippen LogP contribution in [0.4, 0.5) is 5.69 Å². The maximum absolute atomic E-state index is 11.4. The molecule has 1 aromatic rings. The number of carbonyl (C=O) groups excluding carboxylic acids is 1. The summed E-state index contributed by atoms with van der Waals surface area (Å²) in [6, 6.07) is 2.29. The molecule has 1 rings (SSSR count). The summed E-state index contributed by atoms with van der Waals surface area (Å²) in [4.78, 5) is 32.1. The third-order valence-electron chi connectivity index (χ3n) is 2.19. The summed E-state index contributed by atoms with van der Waals surface area (Å²) in [7, 11) is 1.28. The van der Waals surface area contributed by atoms with Gasteiger partial charge in [0.05, 0.1) is 18.2 Å². The first kappa shape index (κ1) is 12.9. The number of aromatic nitrogens is 1. The van der Waals surface area contributed by atoms with Crippen LogP contribution >= 0.6 is 0 Å². The zero-order chi connectivity index (χ0) is 12.8.